The zero-order chi connectivity index (χ0) is 42.6. The summed E-state index contributed by atoms with van der Waals surface area (Å²) in [6.45, 7) is 11.3. The molecule has 0 aliphatic carbocycles. The van der Waals surface area contributed by atoms with Gasteiger partial charge in [0.15, 0.2) is 6.10 Å². The molecule has 0 aliphatic rings. The van der Waals surface area contributed by atoms with E-state index in [4.69, 9.17) is 14.2 Å². The fraction of sp³-hybridized carbons (Fsp3) is 0.942. The molecule has 6 heteroatoms. The maximum absolute atomic E-state index is 12.7. The molecule has 0 saturated heterocycles. The van der Waals surface area contributed by atoms with Gasteiger partial charge in [-0.25, -0.2) is 0 Å². The fourth-order valence-electron chi connectivity index (χ4n) is 7.78. The van der Waals surface area contributed by atoms with Gasteiger partial charge in [-0.1, -0.05) is 247 Å². The first kappa shape index (κ1) is 56.4. The fourth-order valence-corrected chi connectivity index (χ4v) is 7.78. The van der Waals surface area contributed by atoms with Crippen LogP contribution in [0.2, 0.25) is 0 Å². The molecule has 0 aromatic rings. The second-order valence-corrected chi connectivity index (χ2v) is 18.5. The Morgan fingerprint density at radius 2 is 0.655 bits per heavy atom. The van der Waals surface area contributed by atoms with E-state index in [0.717, 1.165) is 69.6 Å². The summed E-state index contributed by atoms with van der Waals surface area (Å²) < 4.78 is 16.8. The summed E-state index contributed by atoms with van der Waals surface area (Å²) in [7, 11) is 0. The monoisotopic (exact) mass is 821 g/mol. The second kappa shape index (κ2) is 44.9. The molecule has 0 N–H and O–H groups in total. The average Bonchev–Trinajstić information content (AvgIpc) is 3.21. The lowest BCUT2D eigenvalue weighted by atomic mass is 9.99. The number of hydrogen-bond acceptors (Lipinski definition) is 6. The van der Waals surface area contributed by atoms with Crippen LogP contribution in [0.3, 0.4) is 0 Å². The third-order valence-corrected chi connectivity index (χ3v) is 12.1. The van der Waals surface area contributed by atoms with E-state index in [-0.39, 0.29) is 31.1 Å². The lowest BCUT2D eigenvalue weighted by Crippen LogP contribution is -2.30. The summed E-state index contributed by atoms with van der Waals surface area (Å²) in [4.78, 5) is 37.8. The van der Waals surface area contributed by atoms with Crippen LogP contribution in [-0.4, -0.2) is 37.2 Å². The molecule has 0 heterocycles. The number of unbranched alkanes of at least 4 members (excludes halogenated alkanes) is 30. The van der Waals surface area contributed by atoms with Crippen LogP contribution in [0.4, 0.5) is 0 Å². The molecule has 0 fully saturated rings. The second-order valence-electron chi connectivity index (χ2n) is 18.5. The smallest absolute Gasteiger partial charge is 0.306 e. The third-order valence-electron chi connectivity index (χ3n) is 12.1. The highest BCUT2D eigenvalue weighted by molar-refractivity contribution is 5.71. The van der Waals surface area contributed by atoms with Crippen LogP contribution in [0.1, 0.15) is 285 Å². The van der Waals surface area contributed by atoms with Crippen LogP contribution < -0.4 is 0 Å². The molecular formula is C52H100O6. The van der Waals surface area contributed by atoms with Gasteiger partial charge in [0.25, 0.3) is 0 Å². The molecule has 0 aliphatic heterocycles. The summed E-state index contributed by atoms with van der Waals surface area (Å²) in [5, 5.41) is 0. The van der Waals surface area contributed by atoms with Crippen LogP contribution in [-0.2, 0) is 28.6 Å². The van der Waals surface area contributed by atoms with Gasteiger partial charge < -0.3 is 14.2 Å². The molecule has 0 aromatic carbocycles. The van der Waals surface area contributed by atoms with E-state index < -0.39 is 6.10 Å². The van der Waals surface area contributed by atoms with E-state index >= 15 is 0 Å². The van der Waals surface area contributed by atoms with Crippen molar-refractivity contribution in [1.82, 2.24) is 0 Å². The predicted octanol–water partition coefficient (Wildman–Crippen LogP) is 16.5. The van der Waals surface area contributed by atoms with Crippen molar-refractivity contribution in [2.75, 3.05) is 13.2 Å². The molecule has 0 saturated carbocycles. The quantitative estimate of drug-likeness (QED) is 0.0346. The van der Waals surface area contributed by atoms with Crippen LogP contribution in [0, 0.1) is 11.8 Å². The number of rotatable bonds is 46. The summed E-state index contributed by atoms with van der Waals surface area (Å²) in [6.07, 6.45) is 45.3. The van der Waals surface area contributed by atoms with Crippen molar-refractivity contribution in [1.29, 1.82) is 0 Å². The Bertz CT molecular complexity index is 887. The lowest BCUT2D eigenvalue weighted by Gasteiger charge is -2.18. The molecule has 0 spiro atoms. The van der Waals surface area contributed by atoms with Gasteiger partial charge >= 0.3 is 17.9 Å². The average molecular weight is 821 g/mol. The van der Waals surface area contributed by atoms with Gasteiger partial charge in [-0.3, -0.25) is 14.4 Å². The van der Waals surface area contributed by atoms with Gasteiger partial charge in [-0.15, -0.1) is 0 Å². The van der Waals surface area contributed by atoms with Crippen molar-refractivity contribution in [3.05, 3.63) is 0 Å². The molecular weight excluding hydrogens is 721 g/mol. The van der Waals surface area contributed by atoms with Gasteiger partial charge in [-0.2, -0.15) is 0 Å². The minimum absolute atomic E-state index is 0.0651. The standard InChI is InChI=1S/C52H100O6/c1-6-8-9-10-11-12-13-14-15-16-17-18-19-20-21-22-26-32-37-42-50(53)56-45-49(46-57-51(54)43-38-33-29-28-30-35-40-47(3)4)58-52(55)44-39-34-27-24-23-25-31-36-41-48(5)7-2/h47-49H,6-46H2,1-5H3/t48?,49-/m1/s1. The molecule has 0 rings (SSSR count). The van der Waals surface area contributed by atoms with E-state index in [2.05, 4.69) is 34.6 Å². The van der Waals surface area contributed by atoms with Gasteiger partial charge in [0.2, 0.25) is 0 Å². The van der Waals surface area contributed by atoms with Crippen molar-refractivity contribution in [3.63, 3.8) is 0 Å². The minimum Gasteiger partial charge on any atom is -0.462 e. The van der Waals surface area contributed by atoms with Crippen molar-refractivity contribution in [3.8, 4) is 0 Å². The minimum atomic E-state index is -0.762. The Kier molecular flexibility index (Phi) is 43.7. The normalized spacial score (nSPS) is 12.5. The van der Waals surface area contributed by atoms with Crippen molar-refractivity contribution < 1.29 is 28.6 Å². The molecule has 0 radical (unpaired) electrons. The van der Waals surface area contributed by atoms with Gasteiger partial charge in [-0.05, 0) is 31.1 Å². The SMILES string of the molecule is CCCCCCCCCCCCCCCCCCCCCC(=O)OC[C@H](COC(=O)CCCCCCCCC(C)C)OC(=O)CCCCCCCCCCC(C)CC. The third kappa shape index (κ3) is 44.0. The van der Waals surface area contributed by atoms with E-state index in [9.17, 15) is 14.4 Å². The lowest BCUT2D eigenvalue weighted by molar-refractivity contribution is -0.167. The van der Waals surface area contributed by atoms with E-state index in [0.29, 0.717) is 19.3 Å². The van der Waals surface area contributed by atoms with E-state index in [1.165, 1.54) is 173 Å². The maximum atomic E-state index is 12.7. The van der Waals surface area contributed by atoms with Crippen molar-refractivity contribution in [2.24, 2.45) is 11.8 Å². The summed E-state index contributed by atoms with van der Waals surface area (Å²) in [5.74, 6) is 0.751. The van der Waals surface area contributed by atoms with Gasteiger partial charge in [0.1, 0.15) is 13.2 Å². The van der Waals surface area contributed by atoms with E-state index in [1.807, 2.05) is 0 Å². The number of esters is 3. The Labute approximate surface area is 361 Å². The zero-order valence-corrected chi connectivity index (χ0v) is 39.7. The number of carbonyl (C=O) groups is 3. The van der Waals surface area contributed by atoms with Crippen LogP contribution >= 0.6 is 0 Å². The Morgan fingerprint density at radius 3 is 0.983 bits per heavy atom. The summed E-state index contributed by atoms with van der Waals surface area (Å²) in [5.41, 5.74) is 0. The molecule has 1 unspecified atom stereocenters. The first-order chi connectivity index (χ1) is 28.3. The first-order valence-electron chi connectivity index (χ1n) is 25.8. The van der Waals surface area contributed by atoms with Crippen LogP contribution in [0.15, 0.2) is 0 Å². The topological polar surface area (TPSA) is 78.9 Å². The molecule has 58 heavy (non-hydrogen) atoms. The molecule has 0 amide bonds. The van der Waals surface area contributed by atoms with Gasteiger partial charge in [0.05, 0.1) is 0 Å². The van der Waals surface area contributed by atoms with Crippen molar-refractivity contribution in [2.45, 2.75) is 291 Å². The molecule has 0 aromatic heterocycles. The van der Waals surface area contributed by atoms with Crippen molar-refractivity contribution >= 4 is 17.9 Å². The number of hydrogen-bond donors (Lipinski definition) is 0. The molecule has 6 nitrogen and oxygen atoms in total. The highest BCUT2D eigenvalue weighted by Gasteiger charge is 2.19. The highest BCUT2D eigenvalue weighted by atomic mass is 16.6. The Balaban J connectivity index is 4.22. The summed E-state index contributed by atoms with van der Waals surface area (Å²) in [6, 6.07) is 0. The number of ether oxygens (including phenoxy) is 3. The molecule has 2 atom stereocenters. The maximum Gasteiger partial charge on any atom is 0.306 e. The van der Waals surface area contributed by atoms with Crippen LogP contribution in [0.5, 0.6) is 0 Å². The largest absolute Gasteiger partial charge is 0.462 e. The van der Waals surface area contributed by atoms with Crippen LogP contribution in [0.25, 0.3) is 0 Å². The highest BCUT2D eigenvalue weighted by Crippen LogP contribution is 2.18. The Hall–Kier alpha value is -1.59. The Morgan fingerprint density at radius 1 is 0.362 bits per heavy atom. The molecule has 344 valence electrons. The first-order valence-corrected chi connectivity index (χ1v) is 25.8. The predicted molar refractivity (Wildman–Crippen MR) is 247 cm³/mol. The zero-order valence-electron chi connectivity index (χ0n) is 39.7. The molecule has 0 bridgehead atoms. The number of carbonyl (C=O) groups excluding carboxylic acids is 3. The summed E-state index contributed by atoms with van der Waals surface area (Å²) >= 11 is 0. The van der Waals surface area contributed by atoms with Gasteiger partial charge in [0, 0.05) is 19.3 Å². The van der Waals surface area contributed by atoms with E-state index in [1.54, 1.807) is 0 Å².